The Bertz CT molecular complexity index is 1300. The van der Waals surface area contributed by atoms with Crippen molar-refractivity contribution >= 4 is 34.8 Å². The molecule has 1 unspecified atom stereocenters. The van der Waals surface area contributed by atoms with E-state index in [1.54, 1.807) is 11.6 Å². The van der Waals surface area contributed by atoms with E-state index in [0.717, 1.165) is 23.9 Å². The van der Waals surface area contributed by atoms with E-state index < -0.39 is 18.0 Å². The second kappa shape index (κ2) is 10.0. The monoisotopic (exact) mass is 511 g/mol. The van der Waals surface area contributed by atoms with Gasteiger partial charge in [-0.3, -0.25) is 28.8 Å². The highest BCUT2D eigenvalue weighted by molar-refractivity contribution is 6.00. The van der Waals surface area contributed by atoms with Crippen LogP contribution >= 0.6 is 0 Å². The molecule has 0 spiro atoms. The minimum atomic E-state index is -1.01. The summed E-state index contributed by atoms with van der Waals surface area (Å²) in [6.45, 7) is 1.34. The Morgan fingerprint density at radius 3 is 2.32 bits per heavy atom. The smallest absolute Gasteiger partial charge is 0.404 e. The third-order valence-electron chi connectivity index (χ3n) is 8.32. The number of carbonyl (C=O) groups is 4. The average Bonchev–Trinajstić information content (AvgIpc) is 3.13. The lowest BCUT2D eigenvalue weighted by Gasteiger charge is -2.36. The maximum absolute atomic E-state index is 13.1. The number of piperidine rings is 2. The zero-order valence-electron chi connectivity index (χ0n) is 20.9. The summed E-state index contributed by atoms with van der Waals surface area (Å²) in [6.07, 6.45) is 3.95. The van der Waals surface area contributed by atoms with Gasteiger partial charge in [0.2, 0.25) is 17.7 Å². The van der Waals surface area contributed by atoms with Gasteiger partial charge < -0.3 is 15.3 Å². The number of likely N-dealkylation sites (tertiary alicyclic amines) is 1. The number of imide groups is 1. The Balaban J connectivity index is 1.25. The largest absolute Gasteiger partial charge is 0.465 e. The fraction of sp³-hybridized carbons (Fsp3) is 0.577. The van der Waals surface area contributed by atoms with Crippen LogP contribution in [0.15, 0.2) is 23.0 Å². The third-order valence-corrected chi connectivity index (χ3v) is 8.32. The quantitative estimate of drug-likeness (QED) is 0.535. The zero-order valence-corrected chi connectivity index (χ0v) is 20.9. The van der Waals surface area contributed by atoms with Crippen molar-refractivity contribution in [3.8, 4) is 0 Å². The summed E-state index contributed by atoms with van der Waals surface area (Å²) < 4.78 is 3.04. The second-order valence-electron chi connectivity index (χ2n) is 10.5. The summed E-state index contributed by atoms with van der Waals surface area (Å²) in [5.41, 5.74) is 2.25. The number of fused-ring (bicyclic) bond motifs is 1. The molecule has 2 aromatic rings. The number of nitrogens with zero attached hydrogens (tertiary/aromatic N) is 3. The zero-order chi connectivity index (χ0) is 26.3. The lowest BCUT2D eigenvalue weighted by molar-refractivity contribution is -0.138. The van der Waals surface area contributed by atoms with E-state index in [4.69, 9.17) is 5.11 Å². The molecule has 11 heteroatoms. The van der Waals surface area contributed by atoms with Gasteiger partial charge in [-0.2, -0.15) is 0 Å². The molecule has 3 heterocycles. The molecule has 1 saturated carbocycles. The number of aryl methyl sites for hydroxylation is 1. The van der Waals surface area contributed by atoms with Gasteiger partial charge in [-0.1, -0.05) is 6.07 Å². The predicted octanol–water partition coefficient (Wildman–Crippen LogP) is 1.85. The Kier molecular flexibility index (Phi) is 6.78. The van der Waals surface area contributed by atoms with Crippen LogP contribution in [0.2, 0.25) is 0 Å². The molecule has 3 N–H and O–H groups in total. The molecule has 3 fully saturated rings. The fourth-order valence-electron chi connectivity index (χ4n) is 6.21. The predicted molar refractivity (Wildman–Crippen MR) is 134 cm³/mol. The number of amides is 4. The van der Waals surface area contributed by atoms with Crippen LogP contribution in [0.3, 0.4) is 0 Å². The topological polar surface area (TPSA) is 143 Å². The second-order valence-corrected chi connectivity index (χ2v) is 10.5. The minimum Gasteiger partial charge on any atom is -0.465 e. The number of rotatable bonds is 4. The van der Waals surface area contributed by atoms with Crippen LogP contribution < -0.4 is 16.3 Å². The summed E-state index contributed by atoms with van der Waals surface area (Å²) in [7, 11) is 1.69. The number of aromatic nitrogens is 2. The molecule has 1 aromatic carbocycles. The fourth-order valence-corrected chi connectivity index (χ4v) is 6.21. The molecule has 2 saturated heterocycles. The molecule has 198 valence electrons. The highest BCUT2D eigenvalue weighted by Crippen LogP contribution is 2.33. The van der Waals surface area contributed by atoms with Gasteiger partial charge in [0.25, 0.3) is 0 Å². The Morgan fingerprint density at radius 1 is 0.973 bits per heavy atom. The summed E-state index contributed by atoms with van der Waals surface area (Å²) in [6, 6.07) is 5.13. The van der Waals surface area contributed by atoms with E-state index in [9.17, 15) is 24.0 Å². The van der Waals surface area contributed by atoms with Gasteiger partial charge in [0.05, 0.1) is 11.0 Å². The van der Waals surface area contributed by atoms with E-state index in [1.165, 1.54) is 4.57 Å². The van der Waals surface area contributed by atoms with Crippen molar-refractivity contribution < 1.29 is 24.3 Å². The molecule has 1 aromatic heterocycles. The van der Waals surface area contributed by atoms with Crippen molar-refractivity contribution in [2.24, 2.45) is 13.0 Å². The standard InChI is InChI=1S/C26H33N5O6/c1-29-21-14-17(4-7-19(21)31(26(29)37)20-8-9-22(32)28-23(20)33)15-10-12-30(13-11-15)24(34)16-2-5-18(6-3-16)27-25(35)36/h4,7,14-16,18,20,27H,2-3,5-6,8-13H2,1H3,(H,35,36)(H,28,32,33). The van der Waals surface area contributed by atoms with E-state index in [-0.39, 0.29) is 41.8 Å². The Labute approximate surface area is 213 Å². The van der Waals surface area contributed by atoms with Crippen molar-refractivity contribution in [2.75, 3.05) is 13.1 Å². The molecule has 1 aliphatic carbocycles. The van der Waals surface area contributed by atoms with Crippen LogP contribution in [-0.2, 0) is 21.4 Å². The first-order valence-corrected chi connectivity index (χ1v) is 13.1. The normalized spacial score (nSPS) is 25.2. The van der Waals surface area contributed by atoms with Gasteiger partial charge in [0.15, 0.2) is 0 Å². The maximum Gasteiger partial charge on any atom is 0.404 e. The number of hydrogen-bond donors (Lipinski definition) is 3. The van der Waals surface area contributed by atoms with Gasteiger partial charge in [0.1, 0.15) is 6.04 Å². The number of carbonyl (C=O) groups excluding carboxylic acids is 3. The van der Waals surface area contributed by atoms with Crippen molar-refractivity contribution in [2.45, 2.75) is 69.4 Å². The van der Waals surface area contributed by atoms with Crippen LogP contribution in [0, 0.1) is 5.92 Å². The third kappa shape index (κ3) is 4.86. The summed E-state index contributed by atoms with van der Waals surface area (Å²) >= 11 is 0. The van der Waals surface area contributed by atoms with Crippen LogP contribution in [-0.4, -0.2) is 62.1 Å². The summed E-state index contributed by atoms with van der Waals surface area (Å²) in [5, 5.41) is 13.8. The first-order valence-electron chi connectivity index (χ1n) is 13.1. The van der Waals surface area contributed by atoms with Gasteiger partial charge in [-0.15, -0.1) is 0 Å². The SMILES string of the molecule is Cn1c(=O)n(C2CCC(=O)NC2=O)c2ccc(C3CCN(C(=O)C4CCC(NC(=O)O)CC4)CC3)cc21. The van der Waals surface area contributed by atoms with E-state index in [2.05, 4.69) is 10.6 Å². The minimum absolute atomic E-state index is 0.0404. The molecule has 37 heavy (non-hydrogen) atoms. The van der Waals surface area contributed by atoms with Crippen LogP contribution in [0.5, 0.6) is 0 Å². The van der Waals surface area contributed by atoms with Crippen molar-refractivity contribution in [3.63, 3.8) is 0 Å². The Hall–Kier alpha value is -3.63. The van der Waals surface area contributed by atoms with E-state index in [0.29, 0.717) is 50.7 Å². The molecule has 11 nitrogen and oxygen atoms in total. The molecule has 0 radical (unpaired) electrons. The number of nitrogens with one attached hydrogen (secondary N) is 2. The number of carboxylic acid groups (broad SMARTS) is 1. The molecule has 1 atom stereocenters. The number of benzene rings is 1. The maximum atomic E-state index is 13.1. The van der Waals surface area contributed by atoms with Crippen molar-refractivity contribution in [3.05, 3.63) is 34.2 Å². The highest BCUT2D eigenvalue weighted by atomic mass is 16.4. The number of hydrogen-bond acceptors (Lipinski definition) is 5. The molecule has 4 amide bonds. The first-order chi connectivity index (χ1) is 17.7. The number of imidazole rings is 1. The van der Waals surface area contributed by atoms with Gasteiger partial charge in [-0.25, -0.2) is 9.59 Å². The van der Waals surface area contributed by atoms with Crippen LogP contribution in [0.25, 0.3) is 11.0 Å². The van der Waals surface area contributed by atoms with Crippen molar-refractivity contribution in [1.82, 2.24) is 24.7 Å². The molecular formula is C26H33N5O6. The molecule has 3 aliphatic rings. The molecule has 2 aliphatic heterocycles. The first kappa shape index (κ1) is 25.0. The van der Waals surface area contributed by atoms with E-state index in [1.807, 2.05) is 23.1 Å². The average molecular weight is 512 g/mol. The van der Waals surface area contributed by atoms with Crippen LogP contribution in [0.1, 0.15) is 68.9 Å². The lowest BCUT2D eigenvalue weighted by Crippen LogP contribution is -2.44. The Morgan fingerprint density at radius 2 is 1.68 bits per heavy atom. The summed E-state index contributed by atoms with van der Waals surface area (Å²) in [4.78, 5) is 62.9. The summed E-state index contributed by atoms with van der Waals surface area (Å²) in [5.74, 6) is -0.367. The highest BCUT2D eigenvalue weighted by Gasteiger charge is 2.33. The van der Waals surface area contributed by atoms with Gasteiger partial charge >= 0.3 is 11.8 Å². The van der Waals surface area contributed by atoms with Crippen molar-refractivity contribution in [1.29, 1.82) is 0 Å². The van der Waals surface area contributed by atoms with Gasteiger partial charge in [-0.05, 0) is 68.6 Å². The lowest BCUT2D eigenvalue weighted by atomic mass is 9.84. The molecular weight excluding hydrogens is 478 g/mol. The van der Waals surface area contributed by atoms with E-state index >= 15 is 0 Å². The molecule has 5 rings (SSSR count). The molecule has 0 bridgehead atoms. The van der Waals surface area contributed by atoms with Crippen LogP contribution in [0.4, 0.5) is 4.79 Å². The van der Waals surface area contributed by atoms with Gasteiger partial charge in [0, 0.05) is 38.5 Å².